The first-order valence-corrected chi connectivity index (χ1v) is 23.7. The molecule has 1 aliphatic heterocycles. The van der Waals surface area contributed by atoms with Crippen molar-refractivity contribution in [2.24, 2.45) is 4.99 Å². The number of rotatable bonds is 42. The quantitative estimate of drug-likeness (QED) is 0.0635. The molecular weight excluding hydrogens is 593 g/mol. The SMILES string of the molecule is CCCCCCCCCCCCCCCCCCCCCCC1N=CNC1CCCCCCCCCCCCCCCCCCCCCC. The maximum absolute atomic E-state index is 4.80. The van der Waals surface area contributed by atoms with Gasteiger partial charge in [0, 0.05) is 6.04 Å². The van der Waals surface area contributed by atoms with E-state index in [0.717, 1.165) is 0 Å². The summed E-state index contributed by atoms with van der Waals surface area (Å²) < 4.78 is 0. The van der Waals surface area contributed by atoms with E-state index in [1.807, 2.05) is 6.34 Å². The predicted octanol–water partition coefficient (Wildman–Crippen LogP) is 16.8. The number of nitrogens with one attached hydrogen (secondary N) is 1. The molecule has 0 bridgehead atoms. The van der Waals surface area contributed by atoms with E-state index in [0.29, 0.717) is 12.1 Å². The van der Waals surface area contributed by atoms with Gasteiger partial charge in [0.2, 0.25) is 0 Å². The average molecular weight is 687 g/mol. The van der Waals surface area contributed by atoms with Gasteiger partial charge in [-0.05, 0) is 12.8 Å². The van der Waals surface area contributed by atoms with Crippen molar-refractivity contribution in [2.75, 3.05) is 0 Å². The lowest BCUT2D eigenvalue weighted by Gasteiger charge is -2.18. The third kappa shape index (κ3) is 34.3. The molecule has 0 radical (unpaired) electrons. The highest BCUT2D eigenvalue weighted by molar-refractivity contribution is 5.58. The van der Waals surface area contributed by atoms with Crippen molar-refractivity contribution in [1.82, 2.24) is 5.32 Å². The van der Waals surface area contributed by atoms with Crippen LogP contribution in [-0.2, 0) is 0 Å². The first kappa shape index (κ1) is 46.5. The lowest BCUT2D eigenvalue weighted by atomic mass is 9.96. The second-order valence-electron chi connectivity index (χ2n) is 16.6. The van der Waals surface area contributed by atoms with Gasteiger partial charge in [-0.1, -0.05) is 271 Å². The van der Waals surface area contributed by atoms with E-state index in [-0.39, 0.29) is 0 Å². The summed E-state index contributed by atoms with van der Waals surface area (Å²) >= 11 is 0. The number of nitrogens with zero attached hydrogens (tertiary/aromatic N) is 1. The minimum absolute atomic E-state index is 0.552. The van der Waals surface area contributed by atoms with Crippen LogP contribution < -0.4 is 5.32 Å². The lowest BCUT2D eigenvalue weighted by molar-refractivity contribution is 0.428. The van der Waals surface area contributed by atoms with E-state index in [1.54, 1.807) is 0 Å². The van der Waals surface area contributed by atoms with Crippen LogP contribution >= 0.6 is 0 Å². The zero-order valence-electron chi connectivity index (χ0n) is 34.4. The number of aliphatic imine (C=N–C) groups is 1. The molecule has 0 aliphatic carbocycles. The van der Waals surface area contributed by atoms with Gasteiger partial charge in [0.05, 0.1) is 12.4 Å². The van der Waals surface area contributed by atoms with Crippen molar-refractivity contribution in [3.63, 3.8) is 0 Å². The maximum atomic E-state index is 4.80. The molecule has 2 nitrogen and oxygen atoms in total. The zero-order chi connectivity index (χ0) is 35.0. The highest BCUT2D eigenvalue weighted by Crippen LogP contribution is 2.21. The average Bonchev–Trinajstić information content (AvgIpc) is 3.57. The van der Waals surface area contributed by atoms with Crippen LogP contribution in [0.4, 0.5) is 0 Å². The summed E-state index contributed by atoms with van der Waals surface area (Å²) in [5.74, 6) is 0. The largest absolute Gasteiger partial charge is 0.372 e. The molecule has 2 unspecified atom stereocenters. The minimum Gasteiger partial charge on any atom is -0.372 e. The Hall–Kier alpha value is -0.530. The molecule has 0 aromatic rings. The molecule has 0 aromatic heterocycles. The van der Waals surface area contributed by atoms with E-state index in [1.165, 1.54) is 270 Å². The Kier molecular flexibility index (Phi) is 38.2. The van der Waals surface area contributed by atoms with Gasteiger partial charge in [-0.25, -0.2) is 0 Å². The molecule has 49 heavy (non-hydrogen) atoms. The van der Waals surface area contributed by atoms with E-state index >= 15 is 0 Å². The molecule has 0 amide bonds. The van der Waals surface area contributed by atoms with Crippen molar-refractivity contribution in [3.05, 3.63) is 0 Å². The highest BCUT2D eigenvalue weighted by Gasteiger charge is 2.22. The summed E-state index contributed by atoms with van der Waals surface area (Å²) in [6.07, 6.45) is 63.0. The molecule has 0 saturated heterocycles. The summed E-state index contributed by atoms with van der Waals surface area (Å²) in [7, 11) is 0. The van der Waals surface area contributed by atoms with Crippen LogP contribution in [-0.4, -0.2) is 18.4 Å². The Morgan fingerprint density at radius 2 is 0.531 bits per heavy atom. The number of hydrogen-bond donors (Lipinski definition) is 1. The van der Waals surface area contributed by atoms with Gasteiger partial charge >= 0.3 is 0 Å². The first-order valence-electron chi connectivity index (χ1n) is 23.7. The van der Waals surface area contributed by atoms with E-state index in [9.17, 15) is 0 Å². The molecule has 0 spiro atoms. The minimum atomic E-state index is 0.552. The smallest absolute Gasteiger partial charge is 0.0831 e. The van der Waals surface area contributed by atoms with Gasteiger partial charge in [-0.15, -0.1) is 0 Å². The molecule has 0 saturated carbocycles. The van der Waals surface area contributed by atoms with E-state index in [4.69, 9.17) is 4.99 Å². The molecule has 1 heterocycles. The summed E-state index contributed by atoms with van der Waals surface area (Å²) in [6.45, 7) is 4.62. The Labute approximate surface area is 311 Å². The molecule has 1 rings (SSSR count). The molecule has 1 N–H and O–H groups in total. The van der Waals surface area contributed by atoms with Gasteiger partial charge in [0.25, 0.3) is 0 Å². The van der Waals surface area contributed by atoms with Crippen LogP contribution in [0.3, 0.4) is 0 Å². The van der Waals surface area contributed by atoms with Crippen LogP contribution in [0.25, 0.3) is 0 Å². The Balaban J connectivity index is 1.75. The zero-order valence-corrected chi connectivity index (χ0v) is 34.4. The van der Waals surface area contributed by atoms with Crippen LogP contribution in [0.15, 0.2) is 4.99 Å². The number of hydrogen-bond acceptors (Lipinski definition) is 2. The maximum Gasteiger partial charge on any atom is 0.0831 e. The van der Waals surface area contributed by atoms with Crippen LogP contribution in [0.1, 0.15) is 284 Å². The van der Waals surface area contributed by atoms with Crippen molar-refractivity contribution >= 4 is 6.34 Å². The molecule has 0 fully saturated rings. The summed E-state index contributed by atoms with van der Waals surface area (Å²) in [6, 6.07) is 1.17. The fourth-order valence-electron chi connectivity index (χ4n) is 8.23. The van der Waals surface area contributed by atoms with Gasteiger partial charge in [-0.2, -0.15) is 0 Å². The van der Waals surface area contributed by atoms with E-state index < -0.39 is 0 Å². The number of unbranched alkanes of at least 4 members (excludes halogenated alkanes) is 38. The van der Waals surface area contributed by atoms with Crippen LogP contribution in [0.5, 0.6) is 0 Å². The molecule has 292 valence electrons. The molecular formula is C47H94N2. The van der Waals surface area contributed by atoms with Crippen molar-refractivity contribution in [2.45, 2.75) is 296 Å². The molecule has 1 aliphatic rings. The van der Waals surface area contributed by atoms with Gasteiger partial charge in [-0.3, -0.25) is 4.99 Å². The summed E-state index contributed by atoms with van der Waals surface area (Å²) in [5.41, 5.74) is 0. The van der Waals surface area contributed by atoms with Gasteiger partial charge in [0.15, 0.2) is 0 Å². The monoisotopic (exact) mass is 687 g/mol. The van der Waals surface area contributed by atoms with Crippen molar-refractivity contribution in [3.8, 4) is 0 Å². The first-order chi connectivity index (χ1) is 24.4. The topological polar surface area (TPSA) is 24.4 Å². The molecule has 2 heteroatoms. The Morgan fingerprint density at radius 1 is 0.306 bits per heavy atom. The second kappa shape index (κ2) is 40.2. The Morgan fingerprint density at radius 3 is 0.796 bits per heavy atom. The predicted molar refractivity (Wildman–Crippen MR) is 224 cm³/mol. The molecule has 2 atom stereocenters. The second-order valence-corrected chi connectivity index (χ2v) is 16.6. The van der Waals surface area contributed by atoms with Crippen molar-refractivity contribution < 1.29 is 0 Å². The van der Waals surface area contributed by atoms with Gasteiger partial charge < -0.3 is 5.32 Å². The van der Waals surface area contributed by atoms with E-state index in [2.05, 4.69) is 19.2 Å². The fourth-order valence-corrected chi connectivity index (χ4v) is 8.23. The van der Waals surface area contributed by atoms with Crippen LogP contribution in [0, 0.1) is 0 Å². The highest BCUT2D eigenvalue weighted by atomic mass is 15.1. The lowest BCUT2D eigenvalue weighted by Crippen LogP contribution is -2.31. The Bertz CT molecular complexity index is 630. The standard InChI is InChI=1S/C47H94N2/c1-3-5-7-9-11-13-15-17-19-21-23-25-27-29-31-33-35-37-39-41-43-46-47(49-45-48-46)44-42-40-38-36-34-32-30-28-26-24-22-20-18-16-14-12-10-8-6-4-2/h45-47H,3-44H2,1-2H3,(H,48,49). The van der Waals surface area contributed by atoms with Crippen molar-refractivity contribution in [1.29, 1.82) is 0 Å². The normalized spacial score (nSPS) is 15.8. The molecule has 0 aromatic carbocycles. The third-order valence-electron chi connectivity index (χ3n) is 11.7. The summed E-state index contributed by atoms with van der Waals surface area (Å²) in [5, 5.41) is 3.59. The van der Waals surface area contributed by atoms with Crippen LogP contribution in [0.2, 0.25) is 0 Å². The summed E-state index contributed by atoms with van der Waals surface area (Å²) in [4.78, 5) is 4.80. The third-order valence-corrected chi connectivity index (χ3v) is 11.7. The van der Waals surface area contributed by atoms with Gasteiger partial charge in [0.1, 0.15) is 0 Å². The fraction of sp³-hybridized carbons (Fsp3) is 0.979.